The lowest BCUT2D eigenvalue weighted by Gasteiger charge is -2.25. The Morgan fingerprint density at radius 3 is 2.97 bits per heavy atom. The molecule has 0 radical (unpaired) electrons. The molecule has 0 bridgehead atoms. The molecule has 7 heteroatoms. The lowest BCUT2D eigenvalue weighted by atomic mass is 9.91. The summed E-state index contributed by atoms with van der Waals surface area (Å²) >= 11 is 0. The van der Waals surface area contributed by atoms with E-state index >= 15 is 0 Å². The van der Waals surface area contributed by atoms with E-state index in [4.69, 9.17) is 4.84 Å². The first kappa shape index (κ1) is 20.7. The fourth-order valence-electron chi connectivity index (χ4n) is 4.72. The number of carbonyl (C=O) groups is 1. The molecule has 0 aliphatic heterocycles. The number of aryl methyl sites for hydroxylation is 2. The predicted molar refractivity (Wildman–Crippen MR) is 121 cm³/mol. The number of hydrogen-bond donors (Lipinski definition) is 1. The first-order valence-corrected chi connectivity index (χ1v) is 11.2. The average Bonchev–Trinajstić information content (AvgIpc) is 3.60. The van der Waals surface area contributed by atoms with Crippen LogP contribution < -0.4 is 5.32 Å². The number of pyridine rings is 1. The number of halogens is 1. The highest BCUT2D eigenvalue weighted by molar-refractivity contribution is 5.92. The van der Waals surface area contributed by atoms with E-state index in [1.54, 1.807) is 12.3 Å². The summed E-state index contributed by atoms with van der Waals surface area (Å²) < 4.78 is 15.9. The normalized spacial score (nSPS) is 18.1. The molecule has 0 saturated heterocycles. The van der Waals surface area contributed by atoms with Crippen molar-refractivity contribution in [1.82, 2.24) is 14.9 Å². The summed E-state index contributed by atoms with van der Waals surface area (Å²) in [4.78, 5) is 21.2. The van der Waals surface area contributed by atoms with Gasteiger partial charge in [-0.25, -0.2) is 4.98 Å². The van der Waals surface area contributed by atoms with E-state index in [9.17, 15) is 9.18 Å². The smallest absolute Gasteiger partial charge is 0.223 e. The molecule has 0 spiro atoms. The Bertz CT molecular complexity index is 1180. The lowest BCUT2D eigenvalue weighted by Crippen LogP contribution is -2.39. The van der Waals surface area contributed by atoms with Crippen molar-refractivity contribution < 1.29 is 14.0 Å². The molecule has 6 nitrogen and oxygen atoms in total. The number of benzene rings is 1. The summed E-state index contributed by atoms with van der Waals surface area (Å²) in [5.74, 6) is -0.0288. The minimum Gasteiger partial charge on any atom is -0.399 e. The van der Waals surface area contributed by atoms with Crippen LogP contribution in [0.3, 0.4) is 0 Å². The fraction of sp³-hybridized carbons (Fsp3) is 0.400. The van der Waals surface area contributed by atoms with Crippen LogP contribution in [-0.2, 0) is 35.4 Å². The third kappa shape index (κ3) is 4.24. The zero-order valence-corrected chi connectivity index (χ0v) is 18.2. The van der Waals surface area contributed by atoms with Crippen LogP contribution >= 0.6 is 0 Å². The third-order valence-corrected chi connectivity index (χ3v) is 6.46. The maximum absolute atomic E-state index is 13.5. The van der Waals surface area contributed by atoms with E-state index < -0.39 is 5.95 Å². The molecule has 2 heterocycles. The van der Waals surface area contributed by atoms with Gasteiger partial charge < -0.3 is 14.7 Å². The molecule has 1 amide bonds. The van der Waals surface area contributed by atoms with E-state index in [1.807, 2.05) is 12.1 Å². The maximum Gasteiger partial charge on any atom is 0.223 e. The van der Waals surface area contributed by atoms with Crippen molar-refractivity contribution >= 4 is 23.0 Å². The zero-order chi connectivity index (χ0) is 22.1. The van der Waals surface area contributed by atoms with Crippen molar-refractivity contribution in [2.45, 2.75) is 51.1 Å². The Labute approximate surface area is 186 Å². The van der Waals surface area contributed by atoms with Crippen molar-refractivity contribution in [3.8, 4) is 0 Å². The van der Waals surface area contributed by atoms with E-state index in [0.29, 0.717) is 6.42 Å². The van der Waals surface area contributed by atoms with E-state index in [-0.39, 0.29) is 17.9 Å². The molecule has 1 N–H and O–H groups in total. The van der Waals surface area contributed by atoms with Gasteiger partial charge in [-0.2, -0.15) is 4.39 Å². The number of nitrogens with one attached hydrogen (secondary N) is 1. The molecule has 5 rings (SSSR count). The second kappa shape index (κ2) is 8.73. The van der Waals surface area contributed by atoms with Crippen LogP contribution in [0.25, 0.3) is 10.9 Å². The molecule has 32 heavy (non-hydrogen) atoms. The molecule has 3 aromatic rings. The second-order valence-electron chi connectivity index (χ2n) is 8.69. The summed E-state index contributed by atoms with van der Waals surface area (Å²) in [6.45, 7) is 0.729. The molecule has 1 aromatic carbocycles. The number of carbonyl (C=O) groups excluding carboxylic acids is 1. The quantitative estimate of drug-likeness (QED) is 0.350. The SMILES string of the molecule is CON=Cc1ccc2c(c1)c1c(n2CCc2cccc(F)n2)CC[C@@H](NC(=O)C2CC2)C1. The summed E-state index contributed by atoms with van der Waals surface area (Å²) in [5.41, 5.74) is 5.45. The van der Waals surface area contributed by atoms with Crippen LogP contribution in [0.1, 0.15) is 41.8 Å². The Morgan fingerprint density at radius 2 is 2.19 bits per heavy atom. The number of aromatic nitrogens is 2. The Morgan fingerprint density at radius 1 is 1.31 bits per heavy atom. The van der Waals surface area contributed by atoms with Gasteiger partial charge in [0.05, 0.1) is 6.21 Å². The molecule has 1 saturated carbocycles. The van der Waals surface area contributed by atoms with E-state index in [0.717, 1.165) is 55.4 Å². The van der Waals surface area contributed by atoms with Crippen molar-refractivity contribution in [2.75, 3.05) is 7.11 Å². The fourth-order valence-corrected chi connectivity index (χ4v) is 4.72. The number of amides is 1. The molecular formula is C25H27FN4O2. The van der Waals surface area contributed by atoms with E-state index in [1.165, 1.54) is 29.8 Å². The van der Waals surface area contributed by atoms with Crippen molar-refractivity contribution in [2.24, 2.45) is 11.1 Å². The van der Waals surface area contributed by atoms with E-state index in [2.05, 4.69) is 32.2 Å². The zero-order valence-electron chi connectivity index (χ0n) is 18.2. The molecule has 0 unspecified atom stereocenters. The Hall–Kier alpha value is -3.22. The van der Waals surface area contributed by atoms with Gasteiger partial charge >= 0.3 is 0 Å². The van der Waals surface area contributed by atoms with Crippen molar-refractivity contribution in [1.29, 1.82) is 0 Å². The minimum absolute atomic E-state index is 0.163. The van der Waals surface area contributed by atoms with Crippen LogP contribution in [0.2, 0.25) is 0 Å². The first-order chi connectivity index (χ1) is 15.6. The van der Waals surface area contributed by atoms with Gasteiger partial charge in [0, 0.05) is 47.2 Å². The van der Waals surface area contributed by atoms with Gasteiger partial charge in [-0.1, -0.05) is 17.3 Å². The molecule has 1 atom stereocenters. The number of rotatable bonds is 7. The Kier molecular flexibility index (Phi) is 5.64. The molecule has 166 valence electrons. The topological polar surface area (TPSA) is 68.5 Å². The molecule has 2 aliphatic carbocycles. The van der Waals surface area contributed by atoms with Gasteiger partial charge in [0.25, 0.3) is 0 Å². The summed E-state index contributed by atoms with van der Waals surface area (Å²) in [5, 5.41) is 8.34. The first-order valence-electron chi connectivity index (χ1n) is 11.2. The molecule has 1 fully saturated rings. The monoisotopic (exact) mass is 434 g/mol. The number of oxime groups is 1. The van der Waals surface area contributed by atoms with Gasteiger partial charge in [-0.15, -0.1) is 0 Å². The number of fused-ring (bicyclic) bond motifs is 3. The van der Waals surface area contributed by atoms with Crippen molar-refractivity contribution in [3.05, 3.63) is 64.9 Å². The van der Waals surface area contributed by atoms with Gasteiger partial charge in [-0.3, -0.25) is 4.79 Å². The predicted octanol–water partition coefficient (Wildman–Crippen LogP) is 3.78. The average molecular weight is 435 g/mol. The summed E-state index contributed by atoms with van der Waals surface area (Å²) in [6.07, 6.45) is 7.03. The molecule has 2 aromatic heterocycles. The van der Waals surface area contributed by atoms with Crippen LogP contribution in [0.5, 0.6) is 0 Å². The van der Waals surface area contributed by atoms with Crippen molar-refractivity contribution in [3.63, 3.8) is 0 Å². The highest BCUT2D eigenvalue weighted by Crippen LogP contribution is 2.34. The number of nitrogens with zero attached hydrogens (tertiary/aromatic N) is 3. The second-order valence-corrected chi connectivity index (χ2v) is 8.69. The largest absolute Gasteiger partial charge is 0.399 e. The maximum atomic E-state index is 13.5. The van der Waals surface area contributed by atoms with Gasteiger partial charge in [0.2, 0.25) is 11.9 Å². The molecule has 2 aliphatic rings. The minimum atomic E-state index is -0.446. The van der Waals surface area contributed by atoms with Crippen LogP contribution in [-0.4, -0.2) is 34.8 Å². The standard InChI is InChI=1S/C25H27FN4O2/c1-32-27-15-16-5-9-22-20(13-16)21-14-19(29-25(31)17-6-7-17)8-10-23(21)30(22)12-11-18-3-2-4-24(26)28-18/h2-5,9,13,15,17,19H,6-8,10-12,14H2,1H3,(H,29,31)/t19-/m1/s1. The number of hydrogen-bond acceptors (Lipinski definition) is 4. The lowest BCUT2D eigenvalue weighted by molar-refractivity contribution is -0.123. The highest BCUT2D eigenvalue weighted by Gasteiger charge is 2.33. The highest BCUT2D eigenvalue weighted by atomic mass is 19.1. The van der Waals surface area contributed by atoms with Gasteiger partial charge in [0.1, 0.15) is 7.11 Å². The summed E-state index contributed by atoms with van der Waals surface area (Å²) in [7, 11) is 1.53. The van der Waals surface area contributed by atoms with Gasteiger partial charge in [0.15, 0.2) is 0 Å². The Balaban J connectivity index is 1.47. The molecular weight excluding hydrogens is 407 g/mol. The van der Waals surface area contributed by atoms with Crippen LogP contribution in [0.15, 0.2) is 41.6 Å². The van der Waals surface area contributed by atoms with Crippen LogP contribution in [0, 0.1) is 11.9 Å². The third-order valence-electron chi connectivity index (χ3n) is 6.46. The van der Waals surface area contributed by atoms with Crippen LogP contribution in [0.4, 0.5) is 4.39 Å². The summed E-state index contributed by atoms with van der Waals surface area (Å²) in [6, 6.07) is 11.4. The van der Waals surface area contributed by atoms with Gasteiger partial charge in [-0.05, 0) is 67.5 Å².